The maximum atomic E-state index is 11.4. The minimum Gasteiger partial charge on any atom is -0.480 e. The maximum absolute atomic E-state index is 11.4. The fraction of sp³-hybridized carbons (Fsp3) is 0.833. The molecule has 0 bridgehead atoms. The average Bonchev–Trinajstić information content (AvgIpc) is 2.42. The molecule has 1 aliphatic rings. The first kappa shape index (κ1) is 16.7. The van der Waals surface area contributed by atoms with Gasteiger partial charge in [-0.25, -0.2) is 9.59 Å². The van der Waals surface area contributed by atoms with Gasteiger partial charge in [0.2, 0.25) is 0 Å². The Hall–Kier alpha value is -1.38. The van der Waals surface area contributed by atoms with Crippen molar-refractivity contribution in [1.82, 2.24) is 10.2 Å². The number of carbonyl (C=O) groups excluding carboxylic acids is 1. The highest BCUT2D eigenvalue weighted by molar-refractivity contribution is 5.72. The minimum atomic E-state index is -1.00. The third-order valence-corrected chi connectivity index (χ3v) is 3.11. The zero-order valence-electron chi connectivity index (χ0n) is 11.5. The van der Waals surface area contributed by atoms with Crippen molar-refractivity contribution < 1.29 is 24.2 Å². The number of ether oxygens (including phenoxy) is 2. The van der Waals surface area contributed by atoms with Crippen LogP contribution in [0.3, 0.4) is 0 Å². The molecule has 4 N–H and O–H groups in total. The predicted molar refractivity (Wildman–Crippen MR) is 71.5 cm³/mol. The topological polar surface area (TPSA) is 114 Å². The van der Waals surface area contributed by atoms with Crippen LogP contribution in [-0.4, -0.2) is 74.1 Å². The van der Waals surface area contributed by atoms with Gasteiger partial charge in [0.25, 0.3) is 0 Å². The monoisotopic (exact) mass is 289 g/mol. The summed E-state index contributed by atoms with van der Waals surface area (Å²) in [4.78, 5) is 23.3. The van der Waals surface area contributed by atoms with E-state index >= 15 is 0 Å². The summed E-state index contributed by atoms with van der Waals surface area (Å²) in [6.45, 7) is 2.77. The maximum Gasteiger partial charge on any atom is 0.329 e. The Labute approximate surface area is 118 Å². The van der Waals surface area contributed by atoms with Gasteiger partial charge in [-0.1, -0.05) is 0 Å². The van der Waals surface area contributed by atoms with Crippen molar-refractivity contribution in [2.75, 3.05) is 46.1 Å². The summed E-state index contributed by atoms with van der Waals surface area (Å²) in [7, 11) is 0. The number of piperidine rings is 1. The molecule has 116 valence electrons. The summed E-state index contributed by atoms with van der Waals surface area (Å²) in [5, 5.41) is 11.6. The molecule has 8 nitrogen and oxygen atoms in total. The van der Waals surface area contributed by atoms with E-state index < -0.39 is 12.0 Å². The Morgan fingerprint density at radius 1 is 1.20 bits per heavy atom. The Balaban J connectivity index is 2.13. The predicted octanol–water partition coefficient (Wildman–Crippen LogP) is -0.763. The molecule has 1 fully saturated rings. The van der Waals surface area contributed by atoms with Gasteiger partial charge in [0.1, 0.15) is 6.61 Å². The summed E-state index contributed by atoms with van der Waals surface area (Å²) >= 11 is 0. The number of hydrogen-bond acceptors (Lipinski definition) is 5. The Bertz CT molecular complexity index is 307. The van der Waals surface area contributed by atoms with E-state index in [1.165, 1.54) is 0 Å². The van der Waals surface area contributed by atoms with E-state index in [0.717, 1.165) is 25.9 Å². The molecule has 1 heterocycles. The van der Waals surface area contributed by atoms with Crippen molar-refractivity contribution >= 4 is 12.0 Å². The molecule has 0 unspecified atom stereocenters. The van der Waals surface area contributed by atoms with E-state index in [4.69, 9.17) is 20.3 Å². The average molecular weight is 289 g/mol. The smallest absolute Gasteiger partial charge is 0.329 e. The highest BCUT2D eigenvalue weighted by atomic mass is 16.5. The van der Waals surface area contributed by atoms with E-state index in [1.54, 1.807) is 4.90 Å². The summed E-state index contributed by atoms with van der Waals surface area (Å²) in [5.41, 5.74) is 5.38. The van der Waals surface area contributed by atoms with Crippen LogP contribution in [0, 0.1) is 0 Å². The van der Waals surface area contributed by atoms with Crippen LogP contribution in [0.5, 0.6) is 0 Å². The van der Waals surface area contributed by atoms with Crippen LogP contribution in [0.25, 0.3) is 0 Å². The van der Waals surface area contributed by atoms with Gasteiger partial charge in [0.05, 0.1) is 19.8 Å². The number of nitrogens with zero attached hydrogens (tertiary/aromatic N) is 1. The molecule has 0 spiro atoms. The van der Waals surface area contributed by atoms with Gasteiger partial charge in [-0.3, -0.25) is 0 Å². The molecule has 0 atom stereocenters. The molecule has 20 heavy (non-hydrogen) atoms. The second-order valence-corrected chi connectivity index (χ2v) is 4.57. The lowest BCUT2D eigenvalue weighted by Crippen LogP contribution is -2.49. The number of primary amides is 1. The van der Waals surface area contributed by atoms with Crippen LogP contribution in [0.2, 0.25) is 0 Å². The first-order valence-corrected chi connectivity index (χ1v) is 6.75. The van der Waals surface area contributed by atoms with Crippen LogP contribution in [0.1, 0.15) is 12.8 Å². The fourth-order valence-corrected chi connectivity index (χ4v) is 2.13. The zero-order valence-corrected chi connectivity index (χ0v) is 11.5. The molecule has 0 aromatic rings. The lowest BCUT2D eigenvalue weighted by atomic mass is 10.1. The number of amides is 2. The van der Waals surface area contributed by atoms with Gasteiger partial charge < -0.3 is 30.5 Å². The normalized spacial score (nSPS) is 16.0. The number of rotatable bonds is 9. The van der Waals surface area contributed by atoms with Gasteiger partial charge in [-0.15, -0.1) is 0 Å². The first-order valence-electron chi connectivity index (χ1n) is 6.75. The summed E-state index contributed by atoms with van der Waals surface area (Å²) in [6.07, 6.45) is 1.79. The molecule has 0 saturated carbocycles. The Kier molecular flexibility index (Phi) is 7.93. The van der Waals surface area contributed by atoms with Crippen LogP contribution in [-0.2, 0) is 14.3 Å². The molecule has 0 aromatic heterocycles. The molecule has 8 heteroatoms. The second kappa shape index (κ2) is 9.51. The number of nitrogens with one attached hydrogen (secondary N) is 1. The lowest BCUT2D eigenvalue weighted by molar-refractivity contribution is -0.142. The van der Waals surface area contributed by atoms with Crippen molar-refractivity contribution in [3.05, 3.63) is 0 Å². The van der Waals surface area contributed by atoms with E-state index in [0.29, 0.717) is 19.8 Å². The van der Waals surface area contributed by atoms with Crippen LogP contribution in [0.15, 0.2) is 0 Å². The number of hydrogen-bond donors (Lipinski definition) is 3. The van der Waals surface area contributed by atoms with Crippen LogP contribution in [0.4, 0.5) is 4.79 Å². The highest BCUT2D eigenvalue weighted by Crippen LogP contribution is 2.11. The third-order valence-electron chi connectivity index (χ3n) is 3.11. The van der Waals surface area contributed by atoms with Gasteiger partial charge in [0, 0.05) is 12.6 Å². The number of nitrogens with two attached hydrogens (primary N) is 1. The van der Waals surface area contributed by atoms with Gasteiger partial charge in [0.15, 0.2) is 0 Å². The largest absolute Gasteiger partial charge is 0.480 e. The van der Waals surface area contributed by atoms with E-state index in [1.807, 2.05) is 0 Å². The summed E-state index contributed by atoms with van der Waals surface area (Å²) in [6, 6.07) is -0.261. The zero-order chi connectivity index (χ0) is 14.8. The fourth-order valence-electron chi connectivity index (χ4n) is 2.13. The van der Waals surface area contributed by atoms with Crippen LogP contribution < -0.4 is 11.1 Å². The second-order valence-electron chi connectivity index (χ2n) is 4.57. The summed E-state index contributed by atoms with van der Waals surface area (Å²) < 4.78 is 10.1. The highest BCUT2D eigenvalue weighted by Gasteiger charge is 2.23. The molecule has 1 saturated heterocycles. The molecular formula is C12H23N3O5. The number of carboxylic acids is 1. The Morgan fingerprint density at radius 2 is 1.85 bits per heavy atom. The number of carboxylic acid groups (broad SMARTS) is 1. The standard InChI is InChI=1S/C12H23N3O5/c13-12(18)15(10-1-3-14-4-2-10)5-6-19-7-8-20-9-11(16)17/h10,14H,1-9H2,(H2,13,18)(H,16,17). The van der Waals surface area contributed by atoms with Gasteiger partial charge in [-0.2, -0.15) is 0 Å². The summed E-state index contributed by atoms with van der Waals surface area (Å²) in [5.74, 6) is -1.00. The molecule has 0 aliphatic carbocycles. The van der Waals surface area contributed by atoms with Crippen molar-refractivity contribution in [3.63, 3.8) is 0 Å². The van der Waals surface area contributed by atoms with Gasteiger partial charge >= 0.3 is 12.0 Å². The van der Waals surface area contributed by atoms with E-state index in [-0.39, 0.29) is 19.3 Å². The third kappa shape index (κ3) is 6.69. The molecular weight excluding hydrogens is 266 g/mol. The number of urea groups is 1. The SMILES string of the molecule is NC(=O)N(CCOCCOCC(=O)O)C1CCNCC1. The molecule has 1 aliphatic heterocycles. The van der Waals surface area contributed by atoms with E-state index in [2.05, 4.69) is 5.32 Å². The minimum absolute atomic E-state index is 0.167. The molecule has 0 radical (unpaired) electrons. The number of aliphatic carboxylic acids is 1. The lowest BCUT2D eigenvalue weighted by Gasteiger charge is -2.33. The van der Waals surface area contributed by atoms with Gasteiger partial charge in [-0.05, 0) is 25.9 Å². The van der Waals surface area contributed by atoms with Crippen molar-refractivity contribution in [2.24, 2.45) is 5.73 Å². The number of carbonyl (C=O) groups is 2. The van der Waals surface area contributed by atoms with Crippen LogP contribution >= 0.6 is 0 Å². The quantitative estimate of drug-likeness (QED) is 0.481. The Morgan fingerprint density at radius 3 is 2.45 bits per heavy atom. The molecule has 2 amide bonds. The molecule has 0 aromatic carbocycles. The molecule has 1 rings (SSSR count). The van der Waals surface area contributed by atoms with Crippen molar-refractivity contribution in [2.45, 2.75) is 18.9 Å². The van der Waals surface area contributed by atoms with Crippen molar-refractivity contribution in [3.8, 4) is 0 Å². The van der Waals surface area contributed by atoms with Crippen molar-refractivity contribution in [1.29, 1.82) is 0 Å². The van der Waals surface area contributed by atoms with E-state index in [9.17, 15) is 9.59 Å². The first-order chi connectivity index (χ1) is 9.61.